The summed E-state index contributed by atoms with van der Waals surface area (Å²) < 4.78 is 3.86. The molecular formula is C8H10N6OS. The first-order chi connectivity index (χ1) is 7.68. The molecule has 0 aliphatic heterocycles. The zero-order chi connectivity index (χ0) is 11.5. The molecule has 0 bridgehead atoms. The number of H-pyrrole nitrogens is 1. The van der Waals surface area contributed by atoms with Crippen LogP contribution < -0.4 is 16.8 Å². The maximum atomic E-state index is 11.1. The first kappa shape index (κ1) is 10.4. The van der Waals surface area contributed by atoms with Gasteiger partial charge in [-0.15, -0.1) is 0 Å². The fourth-order valence-corrected chi connectivity index (χ4v) is 1.93. The first-order valence-electron chi connectivity index (χ1n) is 4.45. The summed E-state index contributed by atoms with van der Waals surface area (Å²) in [5.74, 6) is 0.315. The molecule has 2 aromatic rings. The van der Waals surface area contributed by atoms with Gasteiger partial charge in [-0.3, -0.25) is 4.79 Å². The van der Waals surface area contributed by atoms with Crippen molar-refractivity contribution in [3.63, 3.8) is 0 Å². The molecule has 8 heteroatoms. The van der Waals surface area contributed by atoms with Gasteiger partial charge in [0.05, 0.1) is 6.54 Å². The molecule has 2 aromatic heterocycles. The number of hydrogen-bond acceptors (Lipinski definition) is 6. The minimum Gasteiger partial charge on any atom is -0.382 e. The molecule has 0 aliphatic carbocycles. The van der Waals surface area contributed by atoms with Gasteiger partial charge in [0.25, 0.3) is 5.91 Å². The van der Waals surface area contributed by atoms with E-state index in [1.807, 2.05) is 0 Å². The lowest BCUT2D eigenvalue weighted by atomic mass is 10.3. The van der Waals surface area contributed by atoms with Crippen molar-refractivity contribution in [1.29, 1.82) is 0 Å². The molecule has 6 N–H and O–H groups in total. The summed E-state index contributed by atoms with van der Waals surface area (Å²) in [7, 11) is 0. The lowest BCUT2D eigenvalue weighted by Gasteiger charge is -2.02. The highest BCUT2D eigenvalue weighted by Crippen LogP contribution is 2.26. The van der Waals surface area contributed by atoms with E-state index in [4.69, 9.17) is 11.5 Å². The second-order valence-corrected chi connectivity index (χ2v) is 3.80. The van der Waals surface area contributed by atoms with Crippen LogP contribution in [0.4, 0.5) is 10.8 Å². The molecule has 0 fully saturated rings. The van der Waals surface area contributed by atoms with Crippen molar-refractivity contribution < 1.29 is 4.79 Å². The van der Waals surface area contributed by atoms with Crippen LogP contribution in [0.1, 0.15) is 16.2 Å². The van der Waals surface area contributed by atoms with E-state index >= 15 is 0 Å². The summed E-state index contributed by atoms with van der Waals surface area (Å²) in [6.45, 7) is 0.453. The number of primary amides is 1. The topological polar surface area (TPSA) is 123 Å². The van der Waals surface area contributed by atoms with Gasteiger partial charge in [-0.1, -0.05) is 0 Å². The van der Waals surface area contributed by atoms with Crippen LogP contribution in [-0.4, -0.2) is 20.2 Å². The van der Waals surface area contributed by atoms with E-state index < -0.39 is 5.91 Å². The molecule has 2 rings (SSSR count). The summed E-state index contributed by atoms with van der Waals surface area (Å²) >= 11 is 1.10. The molecule has 0 unspecified atom stereocenters. The SMILES string of the molecule is NC(=O)c1c(N)nsc1NCc1ncc[nH]1. The predicted molar refractivity (Wildman–Crippen MR) is 61.0 cm³/mol. The molecule has 1 amide bonds. The van der Waals surface area contributed by atoms with Crippen molar-refractivity contribution in [2.75, 3.05) is 11.1 Å². The van der Waals surface area contributed by atoms with Crippen molar-refractivity contribution in [2.45, 2.75) is 6.54 Å². The van der Waals surface area contributed by atoms with Gasteiger partial charge in [0.15, 0.2) is 5.82 Å². The standard InChI is InChI=1S/C8H10N6OS/c9-6-5(7(10)15)8(16-14-6)13-3-4-11-1-2-12-4/h1-2,13H,3H2,(H2,9,14)(H2,10,15)(H,11,12). The maximum absolute atomic E-state index is 11.1. The number of nitrogen functional groups attached to an aromatic ring is 1. The largest absolute Gasteiger partial charge is 0.382 e. The molecule has 0 spiro atoms. The third-order valence-electron chi connectivity index (χ3n) is 1.94. The van der Waals surface area contributed by atoms with Crippen LogP contribution in [0.3, 0.4) is 0 Å². The van der Waals surface area contributed by atoms with Gasteiger partial charge in [0, 0.05) is 12.4 Å². The number of hydrogen-bond donors (Lipinski definition) is 4. The van der Waals surface area contributed by atoms with Crippen molar-refractivity contribution in [2.24, 2.45) is 5.73 Å². The Morgan fingerprint density at radius 3 is 3.06 bits per heavy atom. The summed E-state index contributed by atoms with van der Waals surface area (Å²) in [6.07, 6.45) is 3.36. The number of aromatic nitrogens is 3. The molecule has 2 heterocycles. The monoisotopic (exact) mass is 238 g/mol. The van der Waals surface area contributed by atoms with Crippen LogP contribution in [0.5, 0.6) is 0 Å². The number of aromatic amines is 1. The highest BCUT2D eigenvalue weighted by molar-refractivity contribution is 7.11. The molecule has 0 saturated heterocycles. The molecule has 84 valence electrons. The number of rotatable bonds is 4. The van der Waals surface area contributed by atoms with Gasteiger partial charge in [-0.25, -0.2) is 4.98 Å². The van der Waals surface area contributed by atoms with E-state index in [1.165, 1.54) is 0 Å². The third-order valence-corrected chi connectivity index (χ3v) is 2.76. The average Bonchev–Trinajstić information content (AvgIpc) is 2.83. The minimum atomic E-state index is -0.590. The van der Waals surface area contributed by atoms with Crippen LogP contribution in [0.2, 0.25) is 0 Å². The molecular weight excluding hydrogens is 228 g/mol. The van der Waals surface area contributed by atoms with E-state index in [1.54, 1.807) is 12.4 Å². The molecule has 0 radical (unpaired) electrons. The zero-order valence-electron chi connectivity index (χ0n) is 8.23. The van der Waals surface area contributed by atoms with Crippen molar-refractivity contribution in [1.82, 2.24) is 14.3 Å². The van der Waals surface area contributed by atoms with Crippen LogP contribution in [0.25, 0.3) is 0 Å². The maximum Gasteiger partial charge on any atom is 0.255 e. The normalized spacial score (nSPS) is 10.2. The van der Waals surface area contributed by atoms with Crippen LogP contribution in [0.15, 0.2) is 12.4 Å². The van der Waals surface area contributed by atoms with Crippen molar-refractivity contribution >= 4 is 28.3 Å². The Labute approximate surface area is 95.0 Å². The van der Waals surface area contributed by atoms with Gasteiger partial charge in [0.1, 0.15) is 16.4 Å². The highest BCUT2D eigenvalue weighted by Gasteiger charge is 2.16. The Morgan fingerprint density at radius 2 is 2.44 bits per heavy atom. The van der Waals surface area contributed by atoms with Crippen molar-refractivity contribution in [3.8, 4) is 0 Å². The number of amides is 1. The third kappa shape index (κ3) is 1.96. The Balaban J connectivity index is 2.13. The summed E-state index contributed by atoms with van der Waals surface area (Å²) in [6, 6.07) is 0. The summed E-state index contributed by atoms with van der Waals surface area (Å²) in [5, 5.41) is 3.56. The lowest BCUT2D eigenvalue weighted by molar-refractivity contribution is 0.100. The number of anilines is 2. The first-order valence-corrected chi connectivity index (χ1v) is 5.23. The molecule has 16 heavy (non-hydrogen) atoms. The van der Waals surface area contributed by atoms with Crippen LogP contribution in [-0.2, 0) is 6.54 Å². The fourth-order valence-electron chi connectivity index (χ4n) is 1.22. The zero-order valence-corrected chi connectivity index (χ0v) is 9.04. The van der Waals surface area contributed by atoms with E-state index in [-0.39, 0.29) is 11.4 Å². The Bertz CT molecular complexity index is 491. The fraction of sp³-hybridized carbons (Fsp3) is 0.125. The molecule has 0 aliphatic rings. The van der Waals surface area contributed by atoms with Gasteiger partial charge < -0.3 is 21.8 Å². The molecule has 0 atom stereocenters. The number of carbonyl (C=O) groups is 1. The number of nitrogens with one attached hydrogen (secondary N) is 2. The predicted octanol–water partition coefficient (Wildman–Crippen LogP) is 0.159. The lowest BCUT2D eigenvalue weighted by Crippen LogP contribution is -2.14. The highest BCUT2D eigenvalue weighted by atomic mass is 32.1. The summed E-state index contributed by atoms with van der Waals surface area (Å²) in [4.78, 5) is 18.1. The number of nitrogens with two attached hydrogens (primary N) is 2. The summed E-state index contributed by atoms with van der Waals surface area (Å²) in [5.41, 5.74) is 11.0. The Morgan fingerprint density at radius 1 is 1.62 bits per heavy atom. The second kappa shape index (κ2) is 4.19. The van der Waals surface area contributed by atoms with Gasteiger partial charge in [0.2, 0.25) is 0 Å². The molecule has 0 saturated carbocycles. The van der Waals surface area contributed by atoms with E-state index in [0.29, 0.717) is 11.5 Å². The smallest absolute Gasteiger partial charge is 0.255 e. The van der Waals surface area contributed by atoms with E-state index in [0.717, 1.165) is 17.4 Å². The Hall–Kier alpha value is -2.09. The quantitative estimate of drug-likeness (QED) is 0.604. The molecule has 0 aromatic carbocycles. The number of nitrogens with zero attached hydrogens (tertiary/aromatic N) is 2. The van der Waals surface area contributed by atoms with Crippen LogP contribution in [0, 0.1) is 0 Å². The Kier molecular flexibility index (Phi) is 2.73. The van der Waals surface area contributed by atoms with Gasteiger partial charge >= 0.3 is 0 Å². The molecule has 7 nitrogen and oxygen atoms in total. The van der Waals surface area contributed by atoms with Gasteiger partial charge in [-0.2, -0.15) is 4.37 Å². The van der Waals surface area contributed by atoms with Gasteiger partial charge in [-0.05, 0) is 11.5 Å². The van der Waals surface area contributed by atoms with Crippen molar-refractivity contribution in [3.05, 3.63) is 23.8 Å². The average molecular weight is 238 g/mol. The minimum absolute atomic E-state index is 0.152. The van der Waals surface area contributed by atoms with E-state index in [9.17, 15) is 4.79 Å². The van der Waals surface area contributed by atoms with Crippen LogP contribution >= 0.6 is 11.5 Å². The second-order valence-electron chi connectivity index (χ2n) is 3.03. The van der Waals surface area contributed by atoms with E-state index in [2.05, 4.69) is 19.7 Å². The number of carbonyl (C=O) groups excluding carboxylic acids is 1. The number of imidazole rings is 1.